The third-order valence-electron chi connectivity index (χ3n) is 7.61. The fourth-order valence-electron chi connectivity index (χ4n) is 5.99. The number of aromatic nitrogens is 2. The first kappa shape index (κ1) is 22.7. The molecule has 3 aliphatic heterocycles. The summed E-state index contributed by atoms with van der Waals surface area (Å²) in [4.78, 5) is 27.6. The van der Waals surface area contributed by atoms with Gasteiger partial charge in [0.15, 0.2) is 23.1 Å². The number of pyridine rings is 1. The number of hydrogen-bond donors (Lipinski definition) is 1. The van der Waals surface area contributed by atoms with Gasteiger partial charge < -0.3 is 19.3 Å². The van der Waals surface area contributed by atoms with E-state index < -0.39 is 40.9 Å². The lowest BCUT2D eigenvalue weighted by atomic mass is 9.91. The van der Waals surface area contributed by atoms with Crippen LogP contribution in [0.25, 0.3) is 16.9 Å². The van der Waals surface area contributed by atoms with Crippen LogP contribution in [0.4, 0.5) is 8.78 Å². The highest BCUT2D eigenvalue weighted by Gasteiger charge is 2.45. The molecule has 1 fully saturated rings. The van der Waals surface area contributed by atoms with E-state index in [-0.39, 0.29) is 24.4 Å². The normalized spacial score (nSPS) is 20.0. The summed E-state index contributed by atoms with van der Waals surface area (Å²) in [6, 6.07) is 14.2. The number of carbonyl (C=O) groups is 1. The standard InChI is InChI=1S/C28H22F2N4O4/c29-18-8-7-17-23(24(18)30)20-6-3-11-31(20)19-5-2-1-4-16(19)25(17)34-22-10-14-38-15-13-32(22)28(37)26-27(36)21(35)9-12-33(26)34/h1-9,11-12,22,25,36H,10,13-15H2/t22-,25-/m1/s1. The Labute approximate surface area is 215 Å². The minimum atomic E-state index is -0.975. The summed E-state index contributed by atoms with van der Waals surface area (Å²) in [6.45, 7) is 0.893. The molecule has 8 nitrogen and oxygen atoms in total. The minimum Gasteiger partial charge on any atom is -0.502 e. The van der Waals surface area contributed by atoms with Crippen molar-refractivity contribution in [1.82, 2.24) is 14.1 Å². The molecule has 2 aromatic carbocycles. The lowest BCUT2D eigenvalue weighted by Gasteiger charge is -2.49. The van der Waals surface area contributed by atoms with Crippen LogP contribution in [0.15, 0.2) is 71.8 Å². The quantitative estimate of drug-likeness (QED) is 0.419. The molecule has 38 heavy (non-hydrogen) atoms. The van der Waals surface area contributed by atoms with Crippen LogP contribution in [0.2, 0.25) is 0 Å². The van der Waals surface area contributed by atoms with Crippen molar-refractivity contribution in [3.8, 4) is 22.7 Å². The number of amides is 1. The molecule has 0 bridgehead atoms. The fraction of sp³-hybridized carbons (Fsp3) is 0.214. The summed E-state index contributed by atoms with van der Waals surface area (Å²) in [5.41, 5.74) is 1.76. The van der Waals surface area contributed by atoms with E-state index in [2.05, 4.69) is 0 Å². The minimum absolute atomic E-state index is 0.108. The molecule has 0 spiro atoms. The molecule has 3 aliphatic rings. The molecular weight excluding hydrogens is 494 g/mol. The Morgan fingerprint density at radius 3 is 2.63 bits per heavy atom. The number of carbonyl (C=O) groups excluding carboxylic acids is 1. The maximum atomic E-state index is 15.7. The predicted molar refractivity (Wildman–Crippen MR) is 134 cm³/mol. The molecule has 0 unspecified atom stereocenters. The van der Waals surface area contributed by atoms with Gasteiger partial charge in [-0.2, -0.15) is 0 Å². The number of rotatable bonds is 1. The van der Waals surface area contributed by atoms with Crippen LogP contribution < -0.4 is 10.4 Å². The Bertz CT molecular complexity index is 1680. The number of fused-ring (bicyclic) bond motifs is 7. The van der Waals surface area contributed by atoms with Gasteiger partial charge in [0.25, 0.3) is 5.91 Å². The highest BCUT2D eigenvalue weighted by Crippen LogP contribution is 2.46. The fourth-order valence-corrected chi connectivity index (χ4v) is 5.99. The van der Waals surface area contributed by atoms with Gasteiger partial charge in [-0.3, -0.25) is 19.3 Å². The molecule has 7 rings (SSSR count). The second-order valence-electron chi connectivity index (χ2n) is 9.53. The zero-order valence-electron chi connectivity index (χ0n) is 20.1. The summed E-state index contributed by atoms with van der Waals surface area (Å²) in [7, 11) is 0. The van der Waals surface area contributed by atoms with Gasteiger partial charge in [0.05, 0.1) is 24.6 Å². The van der Waals surface area contributed by atoms with Gasteiger partial charge in [-0.1, -0.05) is 24.3 Å². The van der Waals surface area contributed by atoms with E-state index in [0.29, 0.717) is 24.3 Å². The Hall–Kier alpha value is -4.44. The van der Waals surface area contributed by atoms with Gasteiger partial charge in [-0.05, 0) is 29.8 Å². The van der Waals surface area contributed by atoms with Crippen molar-refractivity contribution < 1.29 is 23.4 Å². The van der Waals surface area contributed by atoms with Crippen molar-refractivity contribution in [3.05, 3.63) is 106 Å². The first-order chi connectivity index (χ1) is 18.5. The van der Waals surface area contributed by atoms with E-state index in [1.165, 1.54) is 16.9 Å². The van der Waals surface area contributed by atoms with Gasteiger partial charge in [0.1, 0.15) is 12.2 Å². The molecule has 0 aliphatic carbocycles. The SMILES string of the molecule is O=C1c2c(O)c(=O)ccn2N([C@@H]2c3ccccc3-n3cccc3-c3c2ccc(F)c3F)[C@@H]2CCOCCN12. The summed E-state index contributed by atoms with van der Waals surface area (Å²) in [5, 5.41) is 12.6. The smallest absolute Gasteiger partial charge is 0.278 e. The molecular formula is C28H22F2N4O4. The molecule has 2 aromatic heterocycles. The van der Waals surface area contributed by atoms with Gasteiger partial charge in [-0.25, -0.2) is 8.78 Å². The van der Waals surface area contributed by atoms with Crippen molar-refractivity contribution in [3.63, 3.8) is 0 Å². The maximum Gasteiger partial charge on any atom is 0.278 e. The average Bonchev–Trinajstić information content (AvgIpc) is 3.21. The Morgan fingerprint density at radius 2 is 1.76 bits per heavy atom. The first-order valence-corrected chi connectivity index (χ1v) is 12.3. The van der Waals surface area contributed by atoms with E-state index in [1.807, 2.05) is 33.8 Å². The molecule has 0 saturated carbocycles. The van der Waals surface area contributed by atoms with Crippen LogP contribution in [0.5, 0.6) is 5.75 Å². The highest BCUT2D eigenvalue weighted by molar-refractivity contribution is 5.96. The predicted octanol–water partition coefficient (Wildman–Crippen LogP) is 3.53. The summed E-state index contributed by atoms with van der Waals surface area (Å²) < 4.78 is 39.4. The first-order valence-electron chi connectivity index (χ1n) is 12.3. The number of halogens is 2. The molecule has 1 N–H and O–H groups in total. The lowest BCUT2D eigenvalue weighted by molar-refractivity contribution is 0.0557. The number of hydrogen-bond acceptors (Lipinski definition) is 5. The molecule has 0 radical (unpaired) electrons. The van der Waals surface area contributed by atoms with Crippen LogP contribution in [0, 0.1) is 11.6 Å². The molecule has 4 aromatic rings. The van der Waals surface area contributed by atoms with E-state index in [4.69, 9.17) is 4.74 Å². The Morgan fingerprint density at radius 1 is 0.921 bits per heavy atom. The molecule has 1 amide bonds. The van der Waals surface area contributed by atoms with E-state index in [0.717, 1.165) is 17.3 Å². The number of aromatic hydroxyl groups is 1. The van der Waals surface area contributed by atoms with Gasteiger partial charge in [0.2, 0.25) is 5.43 Å². The van der Waals surface area contributed by atoms with Crippen LogP contribution in [0.1, 0.15) is 34.1 Å². The maximum absolute atomic E-state index is 15.7. The zero-order chi connectivity index (χ0) is 26.1. The van der Waals surface area contributed by atoms with Crippen molar-refractivity contribution in [2.45, 2.75) is 18.6 Å². The second-order valence-corrected chi connectivity index (χ2v) is 9.53. The van der Waals surface area contributed by atoms with E-state index >= 15 is 4.39 Å². The Balaban J connectivity index is 1.59. The highest BCUT2D eigenvalue weighted by atomic mass is 19.2. The van der Waals surface area contributed by atoms with Crippen LogP contribution in [-0.2, 0) is 4.74 Å². The molecule has 10 heteroatoms. The second kappa shape index (κ2) is 8.29. The summed E-state index contributed by atoms with van der Waals surface area (Å²) in [5.74, 6) is -3.10. The molecule has 2 atom stereocenters. The third kappa shape index (κ3) is 3.03. The van der Waals surface area contributed by atoms with E-state index in [1.54, 1.807) is 29.3 Å². The number of para-hydroxylation sites is 1. The zero-order valence-corrected chi connectivity index (χ0v) is 20.1. The van der Waals surface area contributed by atoms with Crippen molar-refractivity contribution in [1.29, 1.82) is 0 Å². The topological polar surface area (TPSA) is 79.9 Å². The van der Waals surface area contributed by atoms with Crippen LogP contribution >= 0.6 is 0 Å². The van der Waals surface area contributed by atoms with Crippen molar-refractivity contribution in [2.75, 3.05) is 24.8 Å². The van der Waals surface area contributed by atoms with Gasteiger partial charge in [-0.15, -0.1) is 0 Å². The lowest BCUT2D eigenvalue weighted by Crippen LogP contribution is -2.62. The molecule has 5 heterocycles. The van der Waals surface area contributed by atoms with Crippen molar-refractivity contribution in [2.24, 2.45) is 0 Å². The number of nitrogens with zero attached hydrogens (tertiary/aromatic N) is 4. The van der Waals surface area contributed by atoms with Gasteiger partial charge >= 0.3 is 0 Å². The number of benzene rings is 2. The summed E-state index contributed by atoms with van der Waals surface area (Å²) >= 11 is 0. The van der Waals surface area contributed by atoms with Crippen LogP contribution in [-0.4, -0.2) is 51.1 Å². The van der Waals surface area contributed by atoms with Crippen LogP contribution in [0.3, 0.4) is 0 Å². The average molecular weight is 517 g/mol. The largest absolute Gasteiger partial charge is 0.502 e. The summed E-state index contributed by atoms with van der Waals surface area (Å²) in [6.07, 6.45) is 3.11. The Kier molecular flexibility index (Phi) is 4.96. The molecule has 1 saturated heterocycles. The van der Waals surface area contributed by atoms with E-state index in [9.17, 15) is 19.1 Å². The third-order valence-corrected chi connectivity index (χ3v) is 7.61. The van der Waals surface area contributed by atoms with Crippen molar-refractivity contribution >= 4 is 5.91 Å². The number of ether oxygens (including phenoxy) is 1. The molecule has 192 valence electrons. The van der Waals surface area contributed by atoms with Gasteiger partial charge in [0, 0.05) is 42.6 Å². The monoisotopic (exact) mass is 516 g/mol.